The first-order chi connectivity index (χ1) is 5.73. The molecule has 2 N–H and O–H groups in total. The third-order valence-electron chi connectivity index (χ3n) is 3.05. The molecule has 0 saturated carbocycles. The molecular weight excluding hydrogens is 154 g/mol. The van der Waals surface area contributed by atoms with Gasteiger partial charge in [-0.25, -0.2) is 0 Å². The van der Waals surface area contributed by atoms with Gasteiger partial charge < -0.3 is 15.2 Å². The van der Waals surface area contributed by atoms with Crippen molar-refractivity contribution in [1.82, 2.24) is 0 Å². The molecule has 3 nitrogen and oxygen atoms in total. The molecule has 0 unspecified atom stereocenters. The van der Waals surface area contributed by atoms with Crippen LogP contribution in [-0.2, 0) is 9.47 Å². The third-order valence-corrected chi connectivity index (χ3v) is 3.05. The number of hydrogen-bond donors (Lipinski definition) is 1. The van der Waals surface area contributed by atoms with Crippen LogP contribution in [0.4, 0.5) is 0 Å². The minimum Gasteiger partial charge on any atom is -0.380 e. The molecule has 3 atom stereocenters. The van der Waals surface area contributed by atoms with Crippen molar-refractivity contribution >= 4 is 0 Å². The SMILES string of the molecule is C[C@@H]1CC[C@@]2(CCOC[C@H]2N)O1. The van der Waals surface area contributed by atoms with Crippen molar-refractivity contribution < 1.29 is 9.47 Å². The van der Waals surface area contributed by atoms with E-state index in [0.29, 0.717) is 12.7 Å². The van der Waals surface area contributed by atoms with E-state index in [1.807, 2.05) is 0 Å². The van der Waals surface area contributed by atoms with Gasteiger partial charge in [0.05, 0.1) is 24.4 Å². The van der Waals surface area contributed by atoms with Crippen LogP contribution in [0.25, 0.3) is 0 Å². The summed E-state index contributed by atoms with van der Waals surface area (Å²) in [7, 11) is 0. The van der Waals surface area contributed by atoms with Crippen LogP contribution < -0.4 is 5.73 Å². The van der Waals surface area contributed by atoms with E-state index in [2.05, 4.69) is 6.92 Å². The molecule has 0 amide bonds. The summed E-state index contributed by atoms with van der Waals surface area (Å²) in [6, 6.07) is 0.0798. The Kier molecular flexibility index (Phi) is 2.10. The Labute approximate surface area is 73.2 Å². The zero-order valence-electron chi connectivity index (χ0n) is 7.58. The first kappa shape index (κ1) is 8.48. The molecular formula is C9H17NO2. The Hall–Kier alpha value is -0.120. The average Bonchev–Trinajstić information content (AvgIpc) is 2.41. The number of nitrogens with two attached hydrogens (primary N) is 1. The summed E-state index contributed by atoms with van der Waals surface area (Å²) in [4.78, 5) is 0. The summed E-state index contributed by atoms with van der Waals surface area (Å²) in [5.74, 6) is 0. The van der Waals surface area contributed by atoms with E-state index in [9.17, 15) is 0 Å². The van der Waals surface area contributed by atoms with Crippen molar-refractivity contribution in [3.63, 3.8) is 0 Å². The lowest BCUT2D eigenvalue weighted by molar-refractivity contribution is -0.112. The fraction of sp³-hybridized carbons (Fsp3) is 1.00. The monoisotopic (exact) mass is 171 g/mol. The highest BCUT2D eigenvalue weighted by Crippen LogP contribution is 2.37. The highest BCUT2D eigenvalue weighted by atomic mass is 16.5. The van der Waals surface area contributed by atoms with E-state index in [4.69, 9.17) is 15.2 Å². The summed E-state index contributed by atoms with van der Waals surface area (Å²) in [5.41, 5.74) is 5.94. The van der Waals surface area contributed by atoms with Gasteiger partial charge >= 0.3 is 0 Å². The van der Waals surface area contributed by atoms with Gasteiger partial charge in [-0.2, -0.15) is 0 Å². The Balaban J connectivity index is 2.07. The molecule has 0 aromatic rings. The van der Waals surface area contributed by atoms with Crippen LogP contribution in [-0.4, -0.2) is 31.0 Å². The molecule has 3 heteroatoms. The Morgan fingerprint density at radius 2 is 2.25 bits per heavy atom. The zero-order chi connectivity index (χ0) is 8.60. The van der Waals surface area contributed by atoms with Crippen LogP contribution in [0.5, 0.6) is 0 Å². The van der Waals surface area contributed by atoms with Gasteiger partial charge in [0.2, 0.25) is 0 Å². The zero-order valence-corrected chi connectivity index (χ0v) is 7.58. The number of ether oxygens (including phenoxy) is 2. The fourth-order valence-corrected chi connectivity index (χ4v) is 2.22. The number of rotatable bonds is 0. The van der Waals surface area contributed by atoms with Crippen LogP contribution >= 0.6 is 0 Å². The molecule has 12 heavy (non-hydrogen) atoms. The molecule has 1 spiro atoms. The summed E-state index contributed by atoms with van der Waals surface area (Å²) in [5, 5.41) is 0. The second-order valence-electron chi connectivity index (χ2n) is 3.96. The molecule has 2 aliphatic rings. The van der Waals surface area contributed by atoms with Crippen LogP contribution in [0.3, 0.4) is 0 Å². The predicted molar refractivity (Wildman–Crippen MR) is 45.9 cm³/mol. The Bertz CT molecular complexity index is 170. The van der Waals surface area contributed by atoms with Crippen molar-refractivity contribution in [1.29, 1.82) is 0 Å². The van der Waals surface area contributed by atoms with Crippen molar-refractivity contribution in [3.8, 4) is 0 Å². The Morgan fingerprint density at radius 1 is 1.42 bits per heavy atom. The lowest BCUT2D eigenvalue weighted by atomic mass is 9.87. The smallest absolute Gasteiger partial charge is 0.0881 e. The van der Waals surface area contributed by atoms with Gasteiger partial charge in [-0.15, -0.1) is 0 Å². The first-order valence-corrected chi connectivity index (χ1v) is 4.74. The quantitative estimate of drug-likeness (QED) is 0.582. The fourth-order valence-electron chi connectivity index (χ4n) is 2.22. The van der Waals surface area contributed by atoms with Gasteiger partial charge in [-0.1, -0.05) is 0 Å². The maximum atomic E-state index is 5.99. The molecule has 70 valence electrons. The van der Waals surface area contributed by atoms with Crippen molar-refractivity contribution in [2.45, 2.75) is 43.9 Å². The van der Waals surface area contributed by atoms with E-state index in [1.165, 1.54) is 0 Å². The van der Waals surface area contributed by atoms with Crippen LogP contribution in [0, 0.1) is 0 Å². The molecule has 0 aromatic heterocycles. The van der Waals surface area contributed by atoms with E-state index < -0.39 is 0 Å². The first-order valence-electron chi connectivity index (χ1n) is 4.74. The van der Waals surface area contributed by atoms with Crippen molar-refractivity contribution in [2.75, 3.05) is 13.2 Å². The van der Waals surface area contributed by atoms with Crippen molar-refractivity contribution in [2.24, 2.45) is 5.73 Å². The van der Waals surface area contributed by atoms with Crippen LogP contribution in [0.15, 0.2) is 0 Å². The van der Waals surface area contributed by atoms with E-state index in [1.54, 1.807) is 0 Å². The van der Waals surface area contributed by atoms with Gasteiger partial charge in [-0.05, 0) is 19.8 Å². The van der Waals surface area contributed by atoms with Gasteiger partial charge in [0.15, 0.2) is 0 Å². The maximum absolute atomic E-state index is 5.99. The third kappa shape index (κ3) is 1.26. The topological polar surface area (TPSA) is 44.5 Å². The Morgan fingerprint density at radius 3 is 2.83 bits per heavy atom. The minimum absolute atomic E-state index is 0.0440. The van der Waals surface area contributed by atoms with Gasteiger partial charge in [0.1, 0.15) is 0 Å². The highest BCUT2D eigenvalue weighted by Gasteiger charge is 2.45. The lowest BCUT2D eigenvalue weighted by Crippen LogP contribution is -2.54. The molecule has 2 aliphatic heterocycles. The number of hydrogen-bond acceptors (Lipinski definition) is 3. The second kappa shape index (κ2) is 2.98. The summed E-state index contributed by atoms with van der Waals surface area (Å²) in [6.07, 6.45) is 3.61. The second-order valence-corrected chi connectivity index (χ2v) is 3.96. The molecule has 0 aliphatic carbocycles. The molecule has 0 radical (unpaired) electrons. The molecule has 2 heterocycles. The normalized spacial score (nSPS) is 48.5. The van der Waals surface area contributed by atoms with Gasteiger partial charge in [0.25, 0.3) is 0 Å². The lowest BCUT2D eigenvalue weighted by Gasteiger charge is -2.38. The molecule has 0 aromatic carbocycles. The maximum Gasteiger partial charge on any atom is 0.0881 e. The summed E-state index contributed by atoms with van der Waals surface area (Å²) >= 11 is 0. The molecule has 2 saturated heterocycles. The van der Waals surface area contributed by atoms with Crippen molar-refractivity contribution in [3.05, 3.63) is 0 Å². The van der Waals surface area contributed by atoms with E-state index in [-0.39, 0.29) is 11.6 Å². The average molecular weight is 171 g/mol. The molecule has 2 rings (SSSR count). The minimum atomic E-state index is -0.0440. The van der Waals surface area contributed by atoms with Crippen LogP contribution in [0.2, 0.25) is 0 Å². The van der Waals surface area contributed by atoms with Gasteiger partial charge in [-0.3, -0.25) is 0 Å². The van der Waals surface area contributed by atoms with E-state index >= 15 is 0 Å². The van der Waals surface area contributed by atoms with E-state index in [0.717, 1.165) is 25.9 Å². The predicted octanol–water partition coefficient (Wildman–Crippen LogP) is 0.672. The summed E-state index contributed by atoms with van der Waals surface area (Å²) < 4.78 is 11.2. The summed E-state index contributed by atoms with van der Waals surface area (Å²) in [6.45, 7) is 3.59. The highest BCUT2D eigenvalue weighted by molar-refractivity contribution is 4.98. The standard InChI is InChI=1S/C9H17NO2/c1-7-2-3-9(12-7)4-5-11-6-8(9)10/h7-8H,2-6,10H2,1H3/t7-,8-,9+/m1/s1. The molecule has 2 fully saturated rings. The largest absolute Gasteiger partial charge is 0.380 e. The van der Waals surface area contributed by atoms with Gasteiger partial charge in [0, 0.05) is 13.0 Å². The van der Waals surface area contributed by atoms with Crippen LogP contribution in [0.1, 0.15) is 26.2 Å². The molecule has 0 bridgehead atoms.